The van der Waals surface area contributed by atoms with Gasteiger partial charge in [-0.2, -0.15) is 0 Å². The predicted octanol–water partition coefficient (Wildman–Crippen LogP) is 1.56. The molecule has 0 atom stereocenters. The highest BCUT2D eigenvalue weighted by Crippen LogP contribution is 2.17. The molecule has 2 rings (SSSR count). The molecule has 0 aliphatic heterocycles. The van der Waals surface area contributed by atoms with Gasteiger partial charge in [-0.25, -0.2) is 0 Å². The molecule has 1 aromatic heterocycles. The van der Waals surface area contributed by atoms with Crippen molar-refractivity contribution in [1.82, 2.24) is 9.47 Å². The first-order chi connectivity index (χ1) is 11.4. The summed E-state index contributed by atoms with van der Waals surface area (Å²) in [6.45, 7) is 3.74. The number of rotatable bonds is 5. The molecule has 0 aliphatic rings. The normalized spacial score (nSPS) is 10.3. The van der Waals surface area contributed by atoms with Crippen molar-refractivity contribution >= 4 is 17.5 Å². The predicted molar refractivity (Wildman–Crippen MR) is 92.9 cm³/mol. The summed E-state index contributed by atoms with van der Waals surface area (Å²) in [4.78, 5) is 37.2. The molecule has 0 radical (unpaired) electrons. The third-order valence-electron chi connectivity index (χ3n) is 3.89. The number of nitrogens with zero attached hydrogens (tertiary/aromatic N) is 2. The Morgan fingerprint density at radius 2 is 1.88 bits per heavy atom. The zero-order valence-electron chi connectivity index (χ0n) is 14.1. The van der Waals surface area contributed by atoms with Crippen molar-refractivity contribution in [1.29, 1.82) is 0 Å². The molecule has 1 heterocycles. The number of aromatic nitrogens is 1. The van der Waals surface area contributed by atoms with Crippen molar-refractivity contribution in [3.05, 3.63) is 64.1 Å². The van der Waals surface area contributed by atoms with Gasteiger partial charge in [0, 0.05) is 25.0 Å². The monoisotopic (exact) mass is 327 g/mol. The Bertz CT molecular complexity index is 811. The Morgan fingerprint density at radius 3 is 2.58 bits per heavy atom. The zero-order valence-corrected chi connectivity index (χ0v) is 14.1. The second-order valence-corrected chi connectivity index (χ2v) is 5.71. The fraction of sp³-hybridized carbons (Fsp3) is 0.278. The highest BCUT2D eigenvalue weighted by Gasteiger charge is 2.14. The van der Waals surface area contributed by atoms with Crippen molar-refractivity contribution in [2.75, 3.05) is 18.9 Å². The molecule has 24 heavy (non-hydrogen) atoms. The van der Waals surface area contributed by atoms with Crippen LogP contribution in [0.5, 0.6) is 0 Å². The number of hydrogen-bond acceptors (Lipinski definition) is 3. The van der Waals surface area contributed by atoms with Gasteiger partial charge in [0.2, 0.25) is 11.8 Å². The third kappa shape index (κ3) is 4.32. The first-order valence-electron chi connectivity index (χ1n) is 7.64. The summed E-state index contributed by atoms with van der Waals surface area (Å²) < 4.78 is 1.31. The van der Waals surface area contributed by atoms with Crippen molar-refractivity contribution in [3.8, 4) is 0 Å². The summed E-state index contributed by atoms with van der Waals surface area (Å²) in [5.74, 6) is -0.584. The molecule has 0 saturated carbocycles. The van der Waals surface area contributed by atoms with Crippen LogP contribution in [-0.4, -0.2) is 34.9 Å². The van der Waals surface area contributed by atoms with Crippen LogP contribution >= 0.6 is 0 Å². The van der Waals surface area contributed by atoms with E-state index in [0.717, 1.165) is 16.8 Å². The number of hydrogen-bond donors (Lipinski definition) is 1. The van der Waals surface area contributed by atoms with Gasteiger partial charge in [-0.3, -0.25) is 14.4 Å². The number of pyridine rings is 1. The van der Waals surface area contributed by atoms with Gasteiger partial charge < -0.3 is 14.8 Å². The van der Waals surface area contributed by atoms with Gasteiger partial charge in [0.05, 0.1) is 6.54 Å². The summed E-state index contributed by atoms with van der Waals surface area (Å²) in [6.07, 6.45) is 1.55. The SMILES string of the molecule is Cc1cccc(NC(=O)CN(C)C(=O)Cn2ccccc2=O)c1C. The Labute approximate surface area is 140 Å². The smallest absolute Gasteiger partial charge is 0.250 e. The summed E-state index contributed by atoms with van der Waals surface area (Å²) in [5.41, 5.74) is 2.57. The molecule has 1 aromatic carbocycles. The van der Waals surface area contributed by atoms with E-state index in [4.69, 9.17) is 0 Å². The van der Waals surface area contributed by atoms with Crippen LogP contribution in [0.4, 0.5) is 5.69 Å². The van der Waals surface area contributed by atoms with E-state index in [1.54, 1.807) is 25.4 Å². The first kappa shape index (κ1) is 17.5. The number of amides is 2. The minimum atomic E-state index is -0.306. The van der Waals surface area contributed by atoms with E-state index in [1.165, 1.54) is 15.5 Å². The standard InChI is InChI=1S/C18H21N3O3/c1-13-7-6-8-15(14(13)2)19-16(22)11-20(3)18(24)12-21-10-5-4-9-17(21)23/h4-10H,11-12H2,1-3H3,(H,19,22). The average molecular weight is 327 g/mol. The lowest BCUT2D eigenvalue weighted by molar-refractivity contribution is -0.133. The zero-order chi connectivity index (χ0) is 17.7. The maximum absolute atomic E-state index is 12.2. The summed E-state index contributed by atoms with van der Waals surface area (Å²) in [6, 6.07) is 10.4. The minimum absolute atomic E-state index is 0.0756. The van der Waals surface area contributed by atoms with Crippen LogP contribution in [-0.2, 0) is 16.1 Å². The number of carbonyl (C=O) groups excluding carboxylic acids is 2. The number of likely N-dealkylation sites (N-methyl/N-ethyl adjacent to an activating group) is 1. The van der Waals surface area contributed by atoms with Crippen LogP contribution in [0.1, 0.15) is 11.1 Å². The van der Waals surface area contributed by atoms with Crippen molar-refractivity contribution in [3.63, 3.8) is 0 Å². The van der Waals surface area contributed by atoms with Crippen molar-refractivity contribution < 1.29 is 9.59 Å². The summed E-state index contributed by atoms with van der Waals surface area (Å²) in [7, 11) is 1.54. The van der Waals surface area contributed by atoms with E-state index in [2.05, 4.69) is 5.32 Å². The second kappa shape index (κ2) is 7.59. The highest BCUT2D eigenvalue weighted by atomic mass is 16.2. The van der Waals surface area contributed by atoms with Crippen LogP contribution in [0.15, 0.2) is 47.4 Å². The molecule has 0 bridgehead atoms. The quantitative estimate of drug-likeness (QED) is 0.906. The summed E-state index contributed by atoms with van der Waals surface area (Å²) >= 11 is 0. The van der Waals surface area contributed by atoms with Crippen LogP contribution in [0, 0.1) is 13.8 Å². The number of aryl methyl sites for hydroxylation is 1. The van der Waals surface area contributed by atoms with E-state index >= 15 is 0 Å². The molecule has 0 aliphatic carbocycles. The molecule has 1 N–H and O–H groups in total. The maximum Gasteiger partial charge on any atom is 0.250 e. The van der Waals surface area contributed by atoms with Crippen LogP contribution in [0.3, 0.4) is 0 Å². The molecule has 6 nitrogen and oxygen atoms in total. The Morgan fingerprint density at radius 1 is 1.12 bits per heavy atom. The average Bonchev–Trinajstić information content (AvgIpc) is 2.54. The van der Waals surface area contributed by atoms with Gasteiger partial charge in [-0.1, -0.05) is 18.2 Å². The third-order valence-corrected chi connectivity index (χ3v) is 3.89. The fourth-order valence-corrected chi connectivity index (χ4v) is 2.24. The lowest BCUT2D eigenvalue weighted by Gasteiger charge is -2.18. The van der Waals surface area contributed by atoms with E-state index in [0.29, 0.717) is 0 Å². The Kier molecular flexibility index (Phi) is 5.52. The van der Waals surface area contributed by atoms with Gasteiger partial charge in [-0.05, 0) is 37.1 Å². The Hall–Kier alpha value is -2.89. The van der Waals surface area contributed by atoms with Gasteiger partial charge >= 0.3 is 0 Å². The largest absolute Gasteiger partial charge is 0.335 e. The molecule has 0 fully saturated rings. The number of benzene rings is 1. The molecule has 0 saturated heterocycles. The molecular formula is C18H21N3O3. The van der Waals surface area contributed by atoms with Gasteiger partial charge in [0.25, 0.3) is 5.56 Å². The molecule has 2 aromatic rings. The first-order valence-corrected chi connectivity index (χ1v) is 7.64. The van der Waals surface area contributed by atoms with E-state index in [-0.39, 0.29) is 30.5 Å². The molecular weight excluding hydrogens is 306 g/mol. The molecule has 2 amide bonds. The maximum atomic E-state index is 12.2. The highest BCUT2D eigenvalue weighted by molar-refractivity contribution is 5.95. The van der Waals surface area contributed by atoms with E-state index in [1.807, 2.05) is 32.0 Å². The topological polar surface area (TPSA) is 71.4 Å². The van der Waals surface area contributed by atoms with Crippen LogP contribution in [0.2, 0.25) is 0 Å². The number of anilines is 1. The summed E-state index contributed by atoms with van der Waals surface area (Å²) in [5, 5.41) is 2.81. The van der Waals surface area contributed by atoms with Crippen molar-refractivity contribution in [2.45, 2.75) is 20.4 Å². The van der Waals surface area contributed by atoms with Crippen LogP contribution in [0.25, 0.3) is 0 Å². The van der Waals surface area contributed by atoms with E-state index in [9.17, 15) is 14.4 Å². The molecule has 0 spiro atoms. The number of carbonyl (C=O) groups is 2. The fourth-order valence-electron chi connectivity index (χ4n) is 2.24. The van der Waals surface area contributed by atoms with Crippen molar-refractivity contribution in [2.24, 2.45) is 0 Å². The lowest BCUT2D eigenvalue weighted by Crippen LogP contribution is -2.38. The minimum Gasteiger partial charge on any atom is -0.335 e. The molecule has 126 valence electrons. The number of nitrogens with one attached hydrogen (secondary N) is 1. The van der Waals surface area contributed by atoms with E-state index < -0.39 is 0 Å². The molecule has 6 heteroatoms. The lowest BCUT2D eigenvalue weighted by atomic mass is 10.1. The van der Waals surface area contributed by atoms with Gasteiger partial charge in [0.1, 0.15) is 6.54 Å². The molecule has 0 unspecified atom stereocenters. The Balaban J connectivity index is 1.96. The van der Waals surface area contributed by atoms with Crippen LogP contribution < -0.4 is 10.9 Å². The van der Waals surface area contributed by atoms with Gasteiger partial charge in [0.15, 0.2) is 0 Å². The second-order valence-electron chi connectivity index (χ2n) is 5.71. The van der Waals surface area contributed by atoms with Gasteiger partial charge in [-0.15, -0.1) is 0 Å².